The lowest BCUT2D eigenvalue weighted by molar-refractivity contribution is 0.205. The molecule has 0 spiro atoms. The Balaban J connectivity index is 1.10. The molecule has 1 saturated heterocycles. The molecule has 1 aliphatic heterocycles. The Morgan fingerprint density at radius 2 is 1.90 bits per heavy atom. The number of hydrogen-bond acceptors (Lipinski definition) is 10. The maximum atomic E-state index is 13.0. The molecule has 39 heavy (non-hydrogen) atoms. The van der Waals surface area contributed by atoms with Crippen molar-refractivity contribution in [2.45, 2.75) is 25.3 Å². The van der Waals surface area contributed by atoms with Crippen LogP contribution in [0.4, 0.5) is 5.95 Å². The van der Waals surface area contributed by atoms with Crippen molar-refractivity contribution in [3.05, 3.63) is 57.9 Å². The first-order chi connectivity index (χ1) is 19.0. The minimum atomic E-state index is -0.0738. The molecule has 204 valence electrons. The standard InChI is InChI=1S/C27H32N8O3S/c1-32(2)15-17-37-20-7-5-18(6-8-20)19-9-11-33(12-10-19)13-14-34-24-22(39-27(34)36)25-29-23(21-4-3-16-38-21)31-35(25)26(28)30-24/h3-8,16,19H,9-15,17H2,1-2H3,(H2,28,30). The summed E-state index contributed by atoms with van der Waals surface area (Å²) < 4.78 is 15.1. The van der Waals surface area contributed by atoms with Crippen LogP contribution >= 0.6 is 11.3 Å². The quantitative estimate of drug-likeness (QED) is 0.296. The molecular weight excluding hydrogens is 516 g/mol. The summed E-state index contributed by atoms with van der Waals surface area (Å²) in [5.74, 6) is 2.58. The first-order valence-electron chi connectivity index (χ1n) is 13.2. The zero-order chi connectivity index (χ0) is 26.9. The molecule has 0 aliphatic carbocycles. The van der Waals surface area contributed by atoms with Crippen molar-refractivity contribution in [2.75, 3.05) is 52.6 Å². The fourth-order valence-electron chi connectivity index (χ4n) is 5.05. The van der Waals surface area contributed by atoms with Gasteiger partial charge in [-0.15, -0.1) is 5.10 Å². The van der Waals surface area contributed by atoms with Gasteiger partial charge in [0, 0.05) is 19.6 Å². The molecule has 0 saturated carbocycles. The normalized spacial score (nSPS) is 15.2. The Morgan fingerprint density at radius 3 is 2.62 bits per heavy atom. The van der Waals surface area contributed by atoms with Gasteiger partial charge in [0.1, 0.15) is 17.1 Å². The number of ether oxygens (including phenoxy) is 1. The second-order valence-corrected chi connectivity index (χ2v) is 11.1. The molecule has 5 heterocycles. The van der Waals surface area contributed by atoms with Gasteiger partial charge in [-0.25, -0.2) is 4.98 Å². The molecule has 0 atom stereocenters. The van der Waals surface area contributed by atoms with Crippen LogP contribution in [0.25, 0.3) is 27.6 Å². The van der Waals surface area contributed by atoms with E-state index in [0.29, 0.717) is 46.6 Å². The number of furan rings is 1. The average Bonchev–Trinajstić information content (AvgIpc) is 3.68. The predicted molar refractivity (Wildman–Crippen MR) is 151 cm³/mol. The molecule has 1 aromatic carbocycles. The molecule has 0 amide bonds. The van der Waals surface area contributed by atoms with Crippen molar-refractivity contribution in [3.8, 4) is 17.3 Å². The van der Waals surface area contributed by atoms with Crippen molar-refractivity contribution < 1.29 is 9.15 Å². The van der Waals surface area contributed by atoms with E-state index in [4.69, 9.17) is 14.9 Å². The molecule has 11 nitrogen and oxygen atoms in total. The van der Waals surface area contributed by atoms with Crippen LogP contribution in [0.3, 0.4) is 0 Å². The lowest BCUT2D eigenvalue weighted by atomic mass is 9.89. The molecule has 4 aromatic heterocycles. The number of nitrogens with two attached hydrogens (primary N) is 1. The number of piperidine rings is 1. The smallest absolute Gasteiger partial charge is 0.309 e. The van der Waals surface area contributed by atoms with E-state index < -0.39 is 0 Å². The van der Waals surface area contributed by atoms with Crippen LogP contribution in [0.1, 0.15) is 24.3 Å². The van der Waals surface area contributed by atoms with Gasteiger partial charge in [0.15, 0.2) is 17.1 Å². The number of aromatic nitrogens is 5. The van der Waals surface area contributed by atoms with E-state index in [9.17, 15) is 4.79 Å². The summed E-state index contributed by atoms with van der Waals surface area (Å²) in [7, 11) is 4.09. The van der Waals surface area contributed by atoms with Crippen molar-refractivity contribution >= 4 is 33.3 Å². The first kappa shape index (κ1) is 25.5. The number of thiazole rings is 1. The van der Waals surface area contributed by atoms with E-state index >= 15 is 0 Å². The molecule has 2 N–H and O–H groups in total. The zero-order valence-corrected chi connectivity index (χ0v) is 22.9. The highest BCUT2D eigenvalue weighted by atomic mass is 32.1. The van der Waals surface area contributed by atoms with E-state index in [0.717, 1.165) is 56.1 Å². The van der Waals surface area contributed by atoms with Crippen LogP contribution in [0, 0.1) is 0 Å². The molecule has 12 heteroatoms. The summed E-state index contributed by atoms with van der Waals surface area (Å²) in [6, 6.07) is 12.1. The summed E-state index contributed by atoms with van der Waals surface area (Å²) in [6.07, 6.45) is 3.73. The van der Waals surface area contributed by atoms with Crippen LogP contribution in [0.5, 0.6) is 5.75 Å². The molecular formula is C27H32N8O3S. The monoisotopic (exact) mass is 548 g/mol. The minimum Gasteiger partial charge on any atom is -0.492 e. The molecule has 6 rings (SSSR count). The van der Waals surface area contributed by atoms with E-state index in [2.05, 4.69) is 49.1 Å². The maximum Gasteiger partial charge on any atom is 0.309 e. The average molecular weight is 549 g/mol. The van der Waals surface area contributed by atoms with Gasteiger partial charge in [0.2, 0.25) is 11.8 Å². The zero-order valence-electron chi connectivity index (χ0n) is 22.1. The molecule has 0 unspecified atom stereocenters. The van der Waals surface area contributed by atoms with Gasteiger partial charge in [0.05, 0.1) is 6.26 Å². The SMILES string of the molecule is CN(C)CCOc1ccc(C2CCN(CCn3c(=O)sc4c3nc(N)n3nc(-c5ccco5)nc43)CC2)cc1. The summed E-state index contributed by atoms with van der Waals surface area (Å²) in [4.78, 5) is 26.5. The largest absolute Gasteiger partial charge is 0.492 e. The fourth-order valence-corrected chi connectivity index (χ4v) is 5.98. The molecule has 5 aromatic rings. The van der Waals surface area contributed by atoms with Crippen molar-refractivity contribution in [3.63, 3.8) is 0 Å². The van der Waals surface area contributed by atoms with Crippen LogP contribution < -0.4 is 15.3 Å². The topological polar surface area (TPSA) is 120 Å². The van der Waals surface area contributed by atoms with Gasteiger partial charge < -0.3 is 24.7 Å². The minimum absolute atomic E-state index is 0.0738. The fraction of sp³-hybridized carbons (Fsp3) is 0.407. The number of likely N-dealkylation sites (tertiary alicyclic amines) is 1. The number of nitrogens with zero attached hydrogens (tertiary/aromatic N) is 7. The van der Waals surface area contributed by atoms with Crippen LogP contribution in [0.15, 0.2) is 51.9 Å². The van der Waals surface area contributed by atoms with Crippen LogP contribution in [-0.2, 0) is 6.54 Å². The molecule has 0 bridgehead atoms. The number of rotatable bonds is 9. The highest BCUT2D eigenvalue weighted by Crippen LogP contribution is 2.30. The number of nitrogen functional groups attached to an aromatic ring is 1. The second kappa shape index (κ2) is 10.8. The number of benzene rings is 1. The van der Waals surface area contributed by atoms with E-state index in [1.54, 1.807) is 23.0 Å². The lowest BCUT2D eigenvalue weighted by Crippen LogP contribution is -2.36. The van der Waals surface area contributed by atoms with Crippen molar-refractivity contribution in [1.82, 2.24) is 33.9 Å². The Bertz CT molecular complexity index is 1610. The summed E-state index contributed by atoms with van der Waals surface area (Å²) in [5, 5.41) is 4.42. The van der Waals surface area contributed by atoms with Gasteiger partial charge in [-0.1, -0.05) is 23.5 Å². The molecule has 0 radical (unpaired) electrons. The predicted octanol–water partition coefficient (Wildman–Crippen LogP) is 3.16. The molecule has 1 fully saturated rings. The van der Waals surface area contributed by atoms with E-state index in [1.165, 1.54) is 10.1 Å². The Hall–Kier alpha value is -3.74. The third kappa shape index (κ3) is 5.27. The summed E-state index contributed by atoms with van der Waals surface area (Å²) >= 11 is 1.12. The van der Waals surface area contributed by atoms with Gasteiger partial charge in [-0.2, -0.15) is 9.50 Å². The third-order valence-electron chi connectivity index (χ3n) is 7.24. The van der Waals surface area contributed by atoms with Gasteiger partial charge >= 0.3 is 4.87 Å². The highest BCUT2D eigenvalue weighted by Gasteiger charge is 2.23. The van der Waals surface area contributed by atoms with E-state index in [-0.39, 0.29) is 10.8 Å². The van der Waals surface area contributed by atoms with E-state index in [1.807, 2.05) is 14.1 Å². The summed E-state index contributed by atoms with van der Waals surface area (Å²) in [6.45, 7) is 4.87. The van der Waals surface area contributed by atoms with Crippen LogP contribution in [0.2, 0.25) is 0 Å². The highest BCUT2D eigenvalue weighted by molar-refractivity contribution is 7.17. The third-order valence-corrected chi connectivity index (χ3v) is 8.21. The van der Waals surface area contributed by atoms with Gasteiger partial charge in [0.25, 0.3) is 0 Å². The maximum absolute atomic E-state index is 13.0. The van der Waals surface area contributed by atoms with Crippen LogP contribution in [-0.4, -0.2) is 80.8 Å². The van der Waals surface area contributed by atoms with Gasteiger partial charge in [-0.05, 0) is 75.8 Å². The first-order valence-corrected chi connectivity index (χ1v) is 14.0. The number of hydrogen-bond donors (Lipinski definition) is 1. The summed E-state index contributed by atoms with van der Waals surface area (Å²) in [5.41, 5.74) is 8.64. The Morgan fingerprint density at radius 1 is 1.10 bits per heavy atom. The number of fused-ring (bicyclic) bond motifs is 3. The van der Waals surface area contributed by atoms with Gasteiger partial charge in [-0.3, -0.25) is 9.36 Å². The van der Waals surface area contributed by atoms with Crippen molar-refractivity contribution in [2.24, 2.45) is 0 Å². The number of likely N-dealkylation sites (N-methyl/N-ethyl adjacent to an activating group) is 1. The lowest BCUT2D eigenvalue weighted by Gasteiger charge is -2.32. The molecule has 1 aliphatic rings. The van der Waals surface area contributed by atoms with Crippen molar-refractivity contribution in [1.29, 1.82) is 0 Å². The Kier molecular flexibility index (Phi) is 7.07. The second-order valence-electron chi connectivity index (χ2n) is 10.1. The Labute approximate surface area is 229 Å². The number of anilines is 1.